The first kappa shape index (κ1) is 11.0. The van der Waals surface area contributed by atoms with Crippen LogP contribution in [0.2, 0.25) is 0 Å². The van der Waals surface area contributed by atoms with Gasteiger partial charge in [-0.15, -0.1) is 0 Å². The quantitative estimate of drug-likeness (QED) is 0.658. The molecule has 6 heteroatoms. The second kappa shape index (κ2) is 3.52. The van der Waals surface area contributed by atoms with Gasteiger partial charge in [0.2, 0.25) is 0 Å². The number of ether oxygens (including phenoxy) is 1. The first-order valence-electron chi connectivity index (χ1n) is 4.81. The second-order valence-corrected chi connectivity index (χ2v) is 5.32. The predicted octanol–water partition coefficient (Wildman–Crippen LogP) is -0.273. The monoisotopic (exact) mass is 269 g/mol. The van der Waals surface area contributed by atoms with Crippen molar-refractivity contribution in [2.24, 2.45) is 5.73 Å². The van der Waals surface area contributed by atoms with Gasteiger partial charge in [0.1, 0.15) is 33.9 Å². The van der Waals surface area contributed by atoms with E-state index in [4.69, 9.17) is 10.5 Å². The van der Waals surface area contributed by atoms with Gasteiger partial charge in [0.25, 0.3) is 0 Å². The van der Waals surface area contributed by atoms with Gasteiger partial charge in [-0.2, -0.15) is 0 Å². The van der Waals surface area contributed by atoms with E-state index in [0.29, 0.717) is 22.4 Å². The van der Waals surface area contributed by atoms with Gasteiger partial charge in [-0.3, -0.25) is 0 Å². The van der Waals surface area contributed by atoms with E-state index in [2.05, 4.69) is 15.9 Å². The zero-order valence-corrected chi connectivity index (χ0v) is 10.3. The summed E-state index contributed by atoms with van der Waals surface area (Å²) in [5, 5.41) is -0.391. The molecule has 2 N–H and O–H groups in total. The minimum atomic E-state index is -0.391. The molecule has 2 nitrogen and oxygen atoms in total. The molecule has 0 aliphatic carbocycles. The Morgan fingerprint density at radius 3 is 2.87 bits per heavy atom. The molecule has 0 aromatic heterocycles. The molecule has 0 fully saturated rings. The van der Waals surface area contributed by atoms with E-state index >= 15 is 0 Å². The lowest BCUT2D eigenvalue weighted by molar-refractivity contribution is 0.244. The fourth-order valence-electron chi connectivity index (χ4n) is 1.86. The first-order chi connectivity index (χ1) is 6.93. The lowest BCUT2D eigenvalue weighted by atomic mass is 9.47. The fraction of sp³-hybridized carbons (Fsp3) is 0.333. The molecule has 0 bridgehead atoms. The number of fused-ring (bicyclic) bond motifs is 1. The summed E-state index contributed by atoms with van der Waals surface area (Å²) in [5.74, 6) is 0.327. The van der Waals surface area contributed by atoms with Crippen molar-refractivity contribution in [3.63, 3.8) is 0 Å². The standard InChI is InChI=1S/C9H11B2BrFNO/c10-9(11)7(14)3-15-6-2-4(12)1-5(13)8(6)9/h1-2,7H,3,10-11,14H2. The maximum Gasteiger partial charge on any atom is 0.130 e. The Morgan fingerprint density at radius 2 is 2.20 bits per heavy atom. The number of benzene rings is 1. The normalized spacial score (nSPS) is 23.0. The van der Waals surface area contributed by atoms with Crippen molar-refractivity contribution in [2.45, 2.75) is 11.3 Å². The van der Waals surface area contributed by atoms with E-state index in [1.165, 1.54) is 6.07 Å². The van der Waals surface area contributed by atoms with Crippen molar-refractivity contribution >= 4 is 31.6 Å². The smallest absolute Gasteiger partial charge is 0.130 e. The van der Waals surface area contributed by atoms with Crippen molar-refractivity contribution < 1.29 is 9.13 Å². The fourth-order valence-corrected chi connectivity index (χ4v) is 2.27. The summed E-state index contributed by atoms with van der Waals surface area (Å²) in [5.41, 5.74) is 6.50. The Labute approximate surface area is 98.3 Å². The summed E-state index contributed by atoms with van der Waals surface area (Å²) in [7, 11) is 3.88. The molecule has 0 saturated carbocycles. The van der Waals surface area contributed by atoms with Crippen molar-refractivity contribution in [2.75, 3.05) is 6.61 Å². The van der Waals surface area contributed by atoms with Crippen LogP contribution in [0.4, 0.5) is 4.39 Å². The minimum absolute atomic E-state index is 0.180. The maximum absolute atomic E-state index is 13.8. The Balaban J connectivity index is 2.64. The molecule has 0 saturated heterocycles. The van der Waals surface area contributed by atoms with Crippen LogP contribution >= 0.6 is 15.9 Å². The third kappa shape index (κ3) is 1.70. The molecule has 0 spiro atoms. The highest BCUT2D eigenvalue weighted by molar-refractivity contribution is 9.10. The predicted molar refractivity (Wildman–Crippen MR) is 66.3 cm³/mol. The Bertz CT molecular complexity index is 413. The van der Waals surface area contributed by atoms with Gasteiger partial charge in [-0.25, -0.2) is 4.39 Å². The summed E-state index contributed by atoms with van der Waals surface area (Å²) < 4.78 is 20.0. The molecule has 1 unspecified atom stereocenters. The van der Waals surface area contributed by atoms with Gasteiger partial charge in [-0.1, -0.05) is 15.9 Å². The molecular weight excluding hydrogens is 259 g/mol. The summed E-state index contributed by atoms with van der Waals surface area (Å²) in [6, 6.07) is 3.05. The number of rotatable bonds is 0. The highest BCUT2D eigenvalue weighted by Crippen LogP contribution is 2.37. The second-order valence-electron chi connectivity index (χ2n) is 4.40. The molecule has 1 atom stereocenters. The molecule has 1 aliphatic heterocycles. The van der Waals surface area contributed by atoms with E-state index in [9.17, 15) is 4.39 Å². The van der Waals surface area contributed by atoms with Crippen LogP contribution < -0.4 is 10.5 Å². The van der Waals surface area contributed by atoms with Gasteiger partial charge >= 0.3 is 0 Å². The lowest BCUT2D eigenvalue weighted by Gasteiger charge is -2.38. The number of hydrogen-bond acceptors (Lipinski definition) is 2. The lowest BCUT2D eigenvalue weighted by Crippen LogP contribution is -2.53. The van der Waals surface area contributed by atoms with Gasteiger partial charge in [0.05, 0.1) is 0 Å². The molecule has 15 heavy (non-hydrogen) atoms. The van der Waals surface area contributed by atoms with Crippen LogP contribution in [0, 0.1) is 5.82 Å². The van der Waals surface area contributed by atoms with E-state index in [1.807, 2.05) is 15.7 Å². The summed E-state index contributed by atoms with van der Waals surface area (Å²) in [6.45, 7) is 0.426. The number of halogens is 2. The van der Waals surface area contributed by atoms with Crippen LogP contribution in [0.25, 0.3) is 0 Å². The molecule has 0 radical (unpaired) electrons. The SMILES string of the molecule is BC1(B)c2c(F)cc(Br)cc2OCC1N. The Morgan fingerprint density at radius 1 is 1.53 bits per heavy atom. The van der Waals surface area contributed by atoms with Crippen LogP contribution in [0.15, 0.2) is 16.6 Å². The Kier molecular flexibility index (Phi) is 2.59. The highest BCUT2D eigenvalue weighted by atomic mass is 79.9. The maximum atomic E-state index is 13.8. The molecule has 1 heterocycles. The molecule has 1 aromatic rings. The average molecular weight is 270 g/mol. The number of hydrogen-bond donors (Lipinski definition) is 1. The average Bonchev–Trinajstić information content (AvgIpc) is 2.10. The van der Waals surface area contributed by atoms with Crippen LogP contribution in [-0.4, -0.2) is 28.3 Å². The highest BCUT2D eigenvalue weighted by Gasteiger charge is 2.38. The summed E-state index contributed by atoms with van der Waals surface area (Å²) in [4.78, 5) is 0. The van der Waals surface area contributed by atoms with Crippen molar-refractivity contribution in [3.05, 3.63) is 28.0 Å². The van der Waals surface area contributed by atoms with Crippen LogP contribution in [0.1, 0.15) is 5.56 Å². The third-order valence-corrected chi connectivity index (χ3v) is 3.47. The number of nitrogens with two attached hydrogens (primary N) is 1. The first-order valence-corrected chi connectivity index (χ1v) is 5.60. The molecule has 1 aliphatic rings. The zero-order valence-electron chi connectivity index (χ0n) is 8.68. The summed E-state index contributed by atoms with van der Waals surface area (Å²) in [6.07, 6.45) is 0. The van der Waals surface area contributed by atoms with Crippen LogP contribution in [0.5, 0.6) is 5.75 Å². The van der Waals surface area contributed by atoms with Gasteiger partial charge in [0, 0.05) is 16.1 Å². The molecule has 2 rings (SSSR count). The van der Waals surface area contributed by atoms with Crippen molar-refractivity contribution in [1.82, 2.24) is 0 Å². The minimum Gasteiger partial charge on any atom is -0.492 e. The molecule has 78 valence electrons. The Hall–Kier alpha value is -0.480. The van der Waals surface area contributed by atoms with E-state index in [1.54, 1.807) is 6.07 Å². The zero-order chi connectivity index (χ0) is 11.2. The van der Waals surface area contributed by atoms with Gasteiger partial charge in [0.15, 0.2) is 0 Å². The largest absolute Gasteiger partial charge is 0.492 e. The van der Waals surface area contributed by atoms with E-state index in [0.717, 1.165) is 0 Å². The molecule has 0 amide bonds. The summed E-state index contributed by atoms with van der Waals surface area (Å²) >= 11 is 3.24. The third-order valence-electron chi connectivity index (χ3n) is 3.01. The van der Waals surface area contributed by atoms with E-state index in [-0.39, 0.29) is 11.9 Å². The van der Waals surface area contributed by atoms with Gasteiger partial charge < -0.3 is 10.5 Å². The molecular formula is C9H11B2BrFNO. The van der Waals surface area contributed by atoms with Crippen LogP contribution in [0.3, 0.4) is 0 Å². The topological polar surface area (TPSA) is 35.2 Å². The van der Waals surface area contributed by atoms with E-state index < -0.39 is 5.21 Å². The van der Waals surface area contributed by atoms with Crippen molar-refractivity contribution in [1.29, 1.82) is 0 Å². The molecule has 1 aromatic carbocycles. The van der Waals surface area contributed by atoms with Crippen LogP contribution in [-0.2, 0) is 5.21 Å². The van der Waals surface area contributed by atoms with Gasteiger partial charge in [-0.05, 0) is 17.3 Å². The van der Waals surface area contributed by atoms with Crippen molar-refractivity contribution in [3.8, 4) is 5.75 Å².